The van der Waals surface area contributed by atoms with Crippen molar-refractivity contribution in [3.05, 3.63) is 97.6 Å². The summed E-state index contributed by atoms with van der Waals surface area (Å²) in [6.07, 6.45) is 7.83. The first kappa shape index (κ1) is 32.2. The number of ketones is 1. The molecule has 45 heavy (non-hydrogen) atoms. The molecule has 236 valence electrons. The molecule has 1 unspecified atom stereocenters. The van der Waals surface area contributed by atoms with Crippen LogP contribution in [0.25, 0.3) is 10.9 Å². The summed E-state index contributed by atoms with van der Waals surface area (Å²) in [5.74, 6) is 1.09. The molecule has 2 bridgehead atoms. The van der Waals surface area contributed by atoms with Crippen LogP contribution in [0.3, 0.4) is 0 Å². The summed E-state index contributed by atoms with van der Waals surface area (Å²) in [6.45, 7) is 2.06. The number of ether oxygens (including phenoxy) is 1. The van der Waals surface area contributed by atoms with E-state index in [0.717, 1.165) is 54.6 Å². The van der Waals surface area contributed by atoms with Crippen LogP contribution in [0.5, 0.6) is 5.75 Å². The first-order chi connectivity index (χ1) is 21.7. The molecular weight excluding hydrogens is 652 g/mol. The molecule has 6 rings (SSSR count). The van der Waals surface area contributed by atoms with Crippen LogP contribution in [0.2, 0.25) is 20.1 Å². The second-order valence-electron chi connectivity index (χ2n) is 12.1. The zero-order valence-electron chi connectivity index (χ0n) is 25.0. The minimum Gasteiger partial charge on any atom is -0.495 e. The molecule has 4 aromatic rings. The number of piperidine rings is 1. The van der Waals surface area contributed by atoms with E-state index >= 15 is 0 Å². The van der Waals surface area contributed by atoms with Gasteiger partial charge < -0.3 is 14.6 Å². The van der Waals surface area contributed by atoms with Crippen molar-refractivity contribution in [1.82, 2.24) is 14.8 Å². The normalized spacial score (nSPS) is 19.6. The molecule has 3 aromatic carbocycles. The number of para-hydroxylation sites is 1. The van der Waals surface area contributed by atoms with Crippen molar-refractivity contribution in [1.29, 1.82) is 0 Å². The van der Waals surface area contributed by atoms with Crippen LogP contribution in [0.4, 0.5) is 0 Å². The fourth-order valence-electron chi connectivity index (χ4n) is 7.17. The standard InChI is InChI=1S/C35H35Cl4N3O3/c1-45-33-5-2-4-26-27(35(44)40-19-21-6-10-28(36)30(38)16-21)20-41(34(26)33)12-3-13-42-24-8-9-25(42)15-22(14-24)17-32(43)23-7-11-29(37)31(39)18-23/h2,4-7,10-11,16,18,20,22,24-25H,3,8-9,12-15,17,19H2,1H3,(H,40,44)/t22?,24-,25+. The average molecular weight is 687 g/mol. The average Bonchev–Trinajstić information content (AvgIpc) is 3.52. The van der Waals surface area contributed by atoms with Gasteiger partial charge in [-0.15, -0.1) is 0 Å². The highest BCUT2D eigenvalue weighted by Crippen LogP contribution is 2.41. The van der Waals surface area contributed by atoms with Gasteiger partial charge in [0, 0.05) is 55.3 Å². The van der Waals surface area contributed by atoms with E-state index in [4.69, 9.17) is 51.1 Å². The van der Waals surface area contributed by atoms with Gasteiger partial charge in [0.25, 0.3) is 5.91 Å². The van der Waals surface area contributed by atoms with Gasteiger partial charge in [0.15, 0.2) is 5.78 Å². The second kappa shape index (κ2) is 13.9. The van der Waals surface area contributed by atoms with E-state index < -0.39 is 0 Å². The zero-order chi connectivity index (χ0) is 31.7. The van der Waals surface area contributed by atoms with Crippen molar-refractivity contribution in [2.24, 2.45) is 5.92 Å². The third kappa shape index (κ3) is 7.01. The molecular formula is C35H35Cl4N3O3. The number of carbonyl (C=O) groups excluding carboxylic acids is 2. The minimum absolute atomic E-state index is 0.136. The van der Waals surface area contributed by atoms with Crippen LogP contribution < -0.4 is 10.1 Å². The van der Waals surface area contributed by atoms with E-state index in [1.54, 1.807) is 37.4 Å². The van der Waals surface area contributed by atoms with Gasteiger partial charge in [0.05, 0.1) is 38.3 Å². The summed E-state index contributed by atoms with van der Waals surface area (Å²) in [7, 11) is 1.66. The molecule has 6 nitrogen and oxygen atoms in total. The van der Waals surface area contributed by atoms with E-state index in [-0.39, 0.29) is 11.7 Å². The number of benzene rings is 3. The van der Waals surface area contributed by atoms with Crippen molar-refractivity contribution in [3.63, 3.8) is 0 Å². The number of hydrogen-bond acceptors (Lipinski definition) is 4. The topological polar surface area (TPSA) is 63.6 Å². The van der Waals surface area contributed by atoms with Crippen LogP contribution in [0.1, 0.15) is 64.8 Å². The van der Waals surface area contributed by atoms with E-state index in [1.807, 2.05) is 30.5 Å². The third-order valence-electron chi connectivity index (χ3n) is 9.28. The smallest absolute Gasteiger partial charge is 0.253 e. The minimum atomic E-state index is -0.159. The summed E-state index contributed by atoms with van der Waals surface area (Å²) < 4.78 is 7.86. The second-order valence-corrected chi connectivity index (χ2v) is 13.7. The van der Waals surface area contributed by atoms with Crippen LogP contribution in [-0.4, -0.2) is 46.9 Å². The quantitative estimate of drug-likeness (QED) is 0.160. The third-order valence-corrected chi connectivity index (χ3v) is 10.8. The number of halogens is 4. The van der Waals surface area contributed by atoms with Crippen molar-refractivity contribution in [2.75, 3.05) is 13.7 Å². The Balaban J connectivity index is 1.09. The molecule has 2 saturated heterocycles. The molecule has 0 saturated carbocycles. The molecule has 2 aliphatic rings. The van der Waals surface area contributed by atoms with Crippen LogP contribution >= 0.6 is 46.4 Å². The Morgan fingerprint density at radius 1 is 0.889 bits per heavy atom. The van der Waals surface area contributed by atoms with Gasteiger partial charge in [-0.2, -0.15) is 0 Å². The lowest BCUT2D eigenvalue weighted by Crippen LogP contribution is -2.43. The van der Waals surface area contributed by atoms with Gasteiger partial charge in [0.1, 0.15) is 5.75 Å². The summed E-state index contributed by atoms with van der Waals surface area (Å²) in [5, 5.41) is 5.70. The van der Waals surface area contributed by atoms with Crippen LogP contribution in [0.15, 0.2) is 60.8 Å². The fourth-order valence-corrected chi connectivity index (χ4v) is 7.79. The number of carbonyl (C=O) groups is 2. The molecule has 2 aliphatic heterocycles. The number of nitrogens with one attached hydrogen (secondary N) is 1. The lowest BCUT2D eigenvalue weighted by Gasteiger charge is -2.39. The van der Waals surface area contributed by atoms with Crippen LogP contribution in [-0.2, 0) is 13.1 Å². The number of methoxy groups -OCH3 is 1. The monoisotopic (exact) mass is 685 g/mol. The van der Waals surface area contributed by atoms with Crippen molar-refractivity contribution < 1.29 is 14.3 Å². The summed E-state index contributed by atoms with van der Waals surface area (Å²) in [5.41, 5.74) is 3.03. The number of aromatic nitrogens is 1. The van der Waals surface area contributed by atoms with E-state index in [1.165, 1.54) is 12.8 Å². The Labute approximate surface area is 283 Å². The van der Waals surface area contributed by atoms with Gasteiger partial charge >= 0.3 is 0 Å². The highest BCUT2D eigenvalue weighted by Gasteiger charge is 2.40. The predicted molar refractivity (Wildman–Crippen MR) is 182 cm³/mol. The SMILES string of the molecule is COc1cccc2c(C(=O)NCc3ccc(Cl)c(Cl)c3)cn(CCCN3[C@@H]4CC[C@H]3CC(CC(=O)c3ccc(Cl)c(Cl)c3)C4)c12. The number of hydrogen-bond donors (Lipinski definition) is 1. The van der Waals surface area contributed by atoms with E-state index in [9.17, 15) is 9.59 Å². The predicted octanol–water partition coefficient (Wildman–Crippen LogP) is 9.10. The number of nitrogens with zero attached hydrogens (tertiary/aromatic N) is 2. The molecule has 1 aromatic heterocycles. The molecule has 0 spiro atoms. The first-order valence-corrected chi connectivity index (χ1v) is 16.8. The van der Waals surface area contributed by atoms with Crippen molar-refractivity contribution in [3.8, 4) is 5.75 Å². The maximum absolute atomic E-state index is 13.4. The lowest BCUT2D eigenvalue weighted by molar-refractivity contribution is 0.0807. The Morgan fingerprint density at radius 2 is 1.60 bits per heavy atom. The maximum Gasteiger partial charge on any atom is 0.253 e. The number of rotatable bonds is 11. The van der Waals surface area contributed by atoms with Gasteiger partial charge in [0.2, 0.25) is 0 Å². The van der Waals surface area contributed by atoms with E-state index in [0.29, 0.717) is 62.2 Å². The Kier molecular flexibility index (Phi) is 9.98. The zero-order valence-corrected chi connectivity index (χ0v) is 28.0. The van der Waals surface area contributed by atoms with E-state index in [2.05, 4.69) is 14.8 Å². The number of amides is 1. The molecule has 1 amide bonds. The maximum atomic E-state index is 13.4. The molecule has 2 fully saturated rings. The van der Waals surface area contributed by atoms with Crippen molar-refractivity contribution in [2.45, 2.75) is 63.7 Å². The molecule has 3 heterocycles. The molecule has 0 radical (unpaired) electrons. The summed E-state index contributed by atoms with van der Waals surface area (Å²) in [4.78, 5) is 29.0. The highest BCUT2D eigenvalue weighted by atomic mass is 35.5. The Hall–Kier alpha value is -2.74. The lowest BCUT2D eigenvalue weighted by atomic mass is 9.85. The summed E-state index contributed by atoms with van der Waals surface area (Å²) in [6, 6.07) is 17.3. The number of aryl methyl sites for hydroxylation is 1. The van der Waals surface area contributed by atoms with Gasteiger partial charge in [-0.1, -0.05) is 64.6 Å². The number of fused-ring (bicyclic) bond motifs is 3. The Morgan fingerprint density at radius 3 is 2.29 bits per heavy atom. The van der Waals surface area contributed by atoms with Crippen LogP contribution in [0, 0.1) is 5.92 Å². The van der Waals surface area contributed by atoms with Gasteiger partial charge in [-0.3, -0.25) is 14.5 Å². The fraction of sp³-hybridized carbons (Fsp3) is 0.371. The number of Topliss-reactive ketones (excluding diaryl/α,β-unsaturated/α-hetero) is 1. The molecule has 0 aliphatic carbocycles. The van der Waals surface area contributed by atoms with Crippen molar-refractivity contribution >= 4 is 69.0 Å². The first-order valence-electron chi connectivity index (χ1n) is 15.3. The van der Waals surface area contributed by atoms with Gasteiger partial charge in [-0.05, 0) is 80.0 Å². The molecule has 1 N–H and O–H groups in total. The highest BCUT2D eigenvalue weighted by molar-refractivity contribution is 6.42. The largest absolute Gasteiger partial charge is 0.495 e. The molecule has 10 heteroatoms. The summed E-state index contributed by atoms with van der Waals surface area (Å²) >= 11 is 24.4. The van der Waals surface area contributed by atoms with Gasteiger partial charge in [-0.25, -0.2) is 0 Å². The molecule has 3 atom stereocenters. The Bertz CT molecular complexity index is 1720.